The van der Waals surface area contributed by atoms with Gasteiger partial charge in [0.25, 0.3) is 0 Å². The van der Waals surface area contributed by atoms with Crippen molar-refractivity contribution >= 4 is 12.1 Å². The molecule has 0 aromatic rings. The molecule has 0 aromatic carbocycles. The van der Waals surface area contributed by atoms with E-state index in [0.717, 1.165) is 4.90 Å². The number of likely N-dealkylation sites (tertiary alicyclic amines) is 1. The Hall–Kier alpha value is -1.33. The van der Waals surface area contributed by atoms with Crippen molar-refractivity contribution in [3.05, 3.63) is 0 Å². The number of carbonyl (C=O) groups excluding carboxylic acids is 1. The first-order valence-electron chi connectivity index (χ1n) is 3.89. The average molecular weight is 191 g/mol. The third-order valence-electron chi connectivity index (χ3n) is 1.95. The number of carboxylic acids is 1. The van der Waals surface area contributed by atoms with Gasteiger partial charge in [-0.2, -0.15) is 0 Å². The van der Waals surface area contributed by atoms with Crippen LogP contribution in [0.1, 0.15) is 12.8 Å². The Kier molecular flexibility index (Phi) is 3.05. The van der Waals surface area contributed by atoms with Crippen LogP contribution in [-0.2, 0) is 9.53 Å². The molecule has 1 N–H and O–H groups in total. The van der Waals surface area contributed by atoms with E-state index in [1.807, 2.05) is 0 Å². The molecule has 0 saturated carbocycles. The molecule has 1 unspecified atom stereocenters. The molecule has 1 aliphatic rings. The number of carboxylic acid groups (broad SMARTS) is 1. The van der Waals surface area contributed by atoms with Crippen LogP contribution in [-0.4, -0.2) is 41.5 Å². The SMILES string of the molecule is O=C(O)C1CCCN1C(=O)OCF. The number of carbonyl (C=O) groups is 2. The minimum atomic E-state index is -1.22. The first kappa shape index (κ1) is 9.76. The van der Waals surface area contributed by atoms with Crippen LogP contribution in [0.25, 0.3) is 0 Å². The van der Waals surface area contributed by atoms with E-state index in [0.29, 0.717) is 19.4 Å². The lowest BCUT2D eigenvalue weighted by molar-refractivity contribution is -0.141. The van der Waals surface area contributed by atoms with E-state index in [-0.39, 0.29) is 0 Å². The molecule has 5 nitrogen and oxygen atoms in total. The molecule has 6 heteroatoms. The molecule has 0 aromatic heterocycles. The smallest absolute Gasteiger partial charge is 0.412 e. The molecule has 13 heavy (non-hydrogen) atoms. The second-order valence-electron chi connectivity index (χ2n) is 2.71. The molecule has 0 spiro atoms. The first-order valence-corrected chi connectivity index (χ1v) is 3.89. The molecule has 0 bridgehead atoms. The van der Waals surface area contributed by atoms with Crippen molar-refractivity contribution in [3.8, 4) is 0 Å². The highest BCUT2D eigenvalue weighted by atomic mass is 19.1. The van der Waals surface area contributed by atoms with Gasteiger partial charge in [-0.3, -0.25) is 4.90 Å². The molecule has 1 atom stereocenters. The molecular weight excluding hydrogens is 181 g/mol. The van der Waals surface area contributed by atoms with E-state index in [4.69, 9.17) is 5.11 Å². The number of alkyl halides is 1. The third kappa shape index (κ3) is 2.07. The van der Waals surface area contributed by atoms with Crippen molar-refractivity contribution in [3.63, 3.8) is 0 Å². The summed E-state index contributed by atoms with van der Waals surface area (Å²) in [5, 5.41) is 8.66. The van der Waals surface area contributed by atoms with E-state index in [2.05, 4.69) is 4.74 Å². The fourth-order valence-electron chi connectivity index (χ4n) is 1.37. The summed E-state index contributed by atoms with van der Waals surface area (Å²) in [6.45, 7) is -0.905. The van der Waals surface area contributed by atoms with Gasteiger partial charge in [-0.15, -0.1) is 0 Å². The lowest BCUT2D eigenvalue weighted by atomic mass is 10.2. The number of amides is 1. The Morgan fingerprint density at radius 2 is 2.31 bits per heavy atom. The van der Waals surface area contributed by atoms with Crippen LogP contribution in [0.15, 0.2) is 0 Å². The summed E-state index contributed by atoms with van der Waals surface area (Å²) in [6, 6.07) is -0.862. The van der Waals surface area contributed by atoms with Gasteiger partial charge in [0.05, 0.1) is 0 Å². The molecular formula is C7H10FNO4. The maximum atomic E-state index is 11.6. The quantitative estimate of drug-likeness (QED) is 0.694. The van der Waals surface area contributed by atoms with E-state index in [9.17, 15) is 14.0 Å². The Morgan fingerprint density at radius 1 is 1.62 bits per heavy atom. The van der Waals surface area contributed by atoms with Crippen LogP contribution in [0.4, 0.5) is 9.18 Å². The topological polar surface area (TPSA) is 66.8 Å². The zero-order chi connectivity index (χ0) is 9.84. The molecule has 0 aliphatic carbocycles. The Bertz CT molecular complexity index is 221. The monoisotopic (exact) mass is 191 g/mol. The molecule has 1 amide bonds. The number of hydrogen-bond acceptors (Lipinski definition) is 3. The Morgan fingerprint density at radius 3 is 2.85 bits per heavy atom. The molecule has 1 heterocycles. The highest BCUT2D eigenvalue weighted by Crippen LogP contribution is 2.18. The van der Waals surface area contributed by atoms with Crippen LogP contribution in [0.5, 0.6) is 0 Å². The summed E-state index contributed by atoms with van der Waals surface area (Å²) in [4.78, 5) is 22.6. The maximum absolute atomic E-state index is 11.6. The first-order chi connectivity index (χ1) is 6.16. The van der Waals surface area contributed by atoms with Crippen LogP contribution in [0, 0.1) is 0 Å². The standard InChI is InChI=1S/C7H10FNO4/c8-4-13-7(12)9-3-1-2-5(9)6(10)11/h5H,1-4H2,(H,10,11). The normalized spacial score (nSPS) is 21.6. The van der Waals surface area contributed by atoms with Gasteiger partial charge in [-0.1, -0.05) is 0 Å². The predicted octanol–water partition coefficient (Wildman–Crippen LogP) is 0.599. The maximum Gasteiger partial charge on any atom is 0.412 e. The molecule has 1 fully saturated rings. The Balaban J connectivity index is 2.57. The van der Waals surface area contributed by atoms with Gasteiger partial charge in [0.1, 0.15) is 6.04 Å². The average Bonchev–Trinajstić information content (AvgIpc) is 2.52. The fraction of sp³-hybridized carbons (Fsp3) is 0.714. The minimum Gasteiger partial charge on any atom is -0.480 e. The number of aliphatic carboxylic acids is 1. The van der Waals surface area contributed by atoms with Crippen molar-refractivity contribution in [2.75, 3.05) is 13.4 Å². The molecule has 0 radical (unpaired) electrons. The van der Waals surface area contributed by atoms with Crippen LogP contribution in [0.3, 0.4) is 0 Å². The van der Waals surface area contributed by atoms with E-state index in [1.54, 1.807) is 0 Å². The van der Waals surface area contributed by atoms with Crippen molar-refractivity contribution < 1.29 is 23.8 Å². The van der Waals surface area contributed by atoms with Crippen molar-refractivity contribution in [1.29, 1.82) is 0 Å². The molecule has 1 saturated heterocycles. The second kappa shape index (κ2) is 4.06. The van der Waals surface area contributed by atoms with Gasteiger partial charge in [-0.05, 0) is 12.8 Å². The molecule has 1 rings (SSSR count). The third-order valence-corrected chi connectivity index (χ3v) is 1.95. The lowest BCUT2D eigenvalue weighted by Gasteiger charge is -2.19. The number of hydrogen-bond donors (Lipinski definition) is 1. The highest BCUT2D eigenvalue weighted by Gasteiger charge is 2.34. The number of ether oxygens (including phenoxy) is 1. The van der Waals surface area contributed by atoms with Gasteiger partial charge >= 0.3 is 12.1 Å². The number of nitrogens with zero attached hydrogens (tertiary/aromatic N) is 1. The van der Waals surface area contributed by atoms with Gasteiger partial charge < -0.3 is 9.84 Å². The van der Waals surface area contributed by atoms with Crippen LogP contribution < -0.4 is 0 Å². The summed E-state index contributed by atoms with van der Waals surface area (Å²) >= 11 is 0. The van der Waals surface area contributed by atoms with Crippen molar-refractivity contribution in [2.45, 2.75) is 18.9 Å². The Labute approximate surface area is 74.1 Å². The van der Waals surface area contributed by atoms with Crippen LogP contribution in [0.2, 0.25) is 0 Å². The van der Waals surface area contributed by atoms with E-state index >= 15 is 0 Å². The number of rotatable bonds is 2. The molecule has 74 valence electrons. The predicted molar refractivity (Wildman–Crippen MR) is 39.8 cm³/mol. The summed E-state index contributed by atoms with van der Waals surface area (Å²) in [7, 11) is 0. The van der Waals surface area contributed by atoms with E-state index < -0.39 is 25.0 Å². The zero-order valence-corrected chi connectivity index (χ0v) is 6.90. The van der Waals surface area contributed by atoms with Crippen molar-refractivity contribution in [2.24, 2.45) is 0 Å². The second-order valence-corrected chi connectivity index (χ2v) is 2.71. The summed E-state index contributed by atoms with van der Waals surface area (Å²) < 4.78 is 15.7. The van der Waals surface area contributed by atoms with Gasteiger partial charge in [0, 0.05) is 6.54 Å². The zero-order valence-electron chi connectivity index (χ0n) is 6.90. The van der Waals surface area contributed by atoms with Gasteiger partial charge in [0.15, 0.2) is 0 Å². The minimum absolute atomic E-state index is 0.315. The summed E-state index contributed by atoms with van der Waals surface area (Å²) in [5.41, 5.74) is 0. The highest BCUT2D eigenvalue weighted by molar-refractivity contribution is 5.80. The van der Waals surface area contributed by atoms with Crippen LogP contribution >= 0.6 is 0 Å². The van der Waals surface area contributed by atoms with Gasteiger partial charge in [0.2, 0.25) is 6.86 Å². The lowest BCUT2D eigenvalue weighted by Crippen LogP contribution is -2.40. The summed E-state index contributed by atoms with van der Waals surface area (Å²) in [5.74, 6) is -1.08. The van der Waals surface area contributed by atoms with Gasteiger partial charge in [-0.25, -0.2) is 14.0 Å². The van der Waals surface area contributed by atoms with E-state index in [1.165, 1.54) is 0 Å². The fourth-order valence-corrected chi connectivity index (χ4v) is 1.37. The number of halogens is 1. The molecule has 1 aliphatic heterocycles. The largest absolute Gasteiger partial charge is 0.480 e. The summed E-state index contributed by atoms with van der Waals surface area (Å²) in [6.07, 6.45) is 0.113. The van der Waals surface area contributed by atoms with Crippen molar-refractivity contribution in [1.82, 2.24) is 4.90 Å².